The number of carboxylic acids is 2. The number of likely N-dealkylation sites (tertiary alicyclic amines) is 1. The van der Waals surface area contributed by atoms with Gasteiger partial charge in [-0.05, 0) is 0 Å². The molecule has 9 heteroatoms. The fraction of sp³-hybridized carbons (Fsp3) is 0.667. The van der Waals surface area contributed by atoms with Crippen LogP contribution in [0.5, 0.6) is 0 Å². The second kappa shape index (κ2) is 7.58. The fourth-order valence-corrected chi connectivity index (χ4v) is 2.03. The summed E-state index contributed by atoms with van der Waals surface area (Å²) in [6.45, 7) is 0.876. The molecule has 0 radical (unpaired) electrons. The van der Waals surface area contributed by atoms with E-state index >= 15 is 0 Å². The van der Waals surface area contributed by atoms with Crippen LogP contribution in [0, 0.1) is 5.92 Å². The summed E-state index contributed by atoms with van der Waals surface area (Å²) in [4.78, 5) is 46.5. The van der Waals surface area contributed by atoms with Gasteiger partial charge < -0.3 is 25.2 Å². The Hall–Kier alpha value is -2.16. The minimum atomic E-state index is -1.50. The Morgan fingerprint density at radius 2 is 2.10 bits per heavy atom. The molecule has 0 aromatic carbocycles. The molecule has 0 spiro atoms. The number of carboxylic acid groups (broad SMARTS) is 2. The molecule has 118 valence electrons. The van der Waals surface area contributed by atoms with E-state index in [-0.39, 0.29) is 18.9 Å². The van der Waals surface area contributed by atoms with E-state index in [0.29, 0.717) is 13.2 Å². The van der Waals surface area contributed by atoms with Gasteiger partial charge >= 0.3 is 11.9 Å². The van der Waals surface area contributed by atoms with Crippen LogP contribution in [0.25, 0.3) is 0 Å². The number of ether oxygens (including phenoxy) is 1. The van der Waals surface area contributed by atoms with E-state index < -0.39 is 36.2 Å². The van der Waals surface area contributed by atoms with Gasteiger partial charge in [-0.3, -0.25) is 14.4 Å². The minimum absolute atomic E-state index is 0.0189. The Bertz CT molecular complexity index is 437. The highest BCUT2D eigenvalue weighted by molar-refractivity contribution is 5.92. The summed E-state index contributed by atoms with van der Waals surface area (Å²) in [5.41, 5.74) is 0. The zero-order valence-electron chi connectivity index (χ0n) is 11.6. The van der Waals surface area contributed by atoms with Crippen molar-refractivity contribution < 1.29 is 34.1 Å². The van der Waals surface area contributed by atoms with Crippen LogP contribution in [0.3, 0.4) is 0 Å². The normalized spacial score (nSPS) is 19.4. The van der Waals surface area contributed by atoms with Gasteiger partial charge in [-0.25, -0.2) is 4.79 Å². The Kier molecular flexibility index (Phi) is 6.10. The first-order valence-corrected chi connectivity index (χ1v) is 6.36. The zero-order valence-corrected chi connectivity index (χ0v) is 11.6. The van der Waals surface area contributed by atoms with Crippen LogP contribution in [0.1, 0.15) is 12.8 Å². The van der Waals surface area contributed by atoms with Crippen LogP contribution >= 0.6 is 0 Å². The van der Waals surface area contributed by atoms with E-state index in [2.05, 4.69) is 5.32 Å². The van der Waals surface area contributed by atoms with Gasteiger partial charge in [0.25, 0.3) is 0 Å². The third kappa shape index (κ3) is 5.03. The summed E-state index contributed by atoms with van der Waals surface area (Å²) in [5.74, 6) is -4.27. The average Bonchev–Trinajstić information content (AvgIpc) is 2.76. The molecule has 1 saturated heterocycles. The van der Waals surface area contributed by atoms with Gasteiger partial charge in [0.1, 0.15) is 6.04 Å². The predicted molar refractivity (Wildman–Crippen MR) is 68.4 cm³/mol. The lowest BCUT2D eigenvalue weighted by atomic mass is 10.1. The molecule has 0 aromatic rings. The van der Waals surface area contributed by atoms with Crippen LogP contribution in [0.2, 0.25) is 0 Å². The van der Waals surface area contributed by atoms with Crippen LogP contribution < -0.4 is 5.32 Å². The van der Waals surface area contributed by atoms with Crippen molar-refractivity contribution in [1.29, 1.82) is 0 Å². The van der Waals surface area contributed by atoms with Crippen LogP contribution in [-0.4, -0.2) is 71.7 Å². The first kappa shape index (κ1) is 16.9. The highest BCUT2D eigenvalue weighted by Gasteiger charge is 2.35. The summed E-state index contributed by atoms with van der Waals surface area (Å²) in [6.07, 6.45) is -0.732. The molecule has 2 atom stereocenters. The van der Waals surface area contributed by atoms with Crippen molar-refractivity contribution in [2.24, 2.45) is 5.92 Å². The Morgan fingerprint density at radius 3 is 2.62 bits per heavy atom. The zero-order chi connectivity index (χ0) is 16.0. The first-order chi connectivity index (χ1) is 9.85. The van der Waals surface area contributed by atoms with Crippen LogP contribution in [0.4, 0.5) is 0 Å². The maximum Gasteiger partial charge on any atom is 0.326 e. The maximum atomic E-state index is 11.9. The quantitative estimate of drug-likeness (QED) is 0.498. The van der Waals surface area contributed by atoms with Gasteiger partial charge in [-0.2, -0.15) is 0 Å². The van der Waals surface area contributed by atoms with Gasteiger partial charge in [-0.15, -0.1) is 0 Å². The SMILES string of the molecule is COCCN1CC(C(=O)NC(CC(=O)O)C(=O)O)CC1=O. The summed E-state index contributed by atoms with van der Waals surface area (Å²) in [7, 11) is 1.49. The van der Waals surface area contributed by atoms with E-state index in [4.69, 9.17) is 14.9 Å². The van der Waals surface area contributed by atoms with E-state index in [1.165, 1.54) is 12.0 Å². The highest BCUT2D eigenvalue weighted by Crippen LogP contribution is 2.18. The molecule has 0 aromatic heterocycles. The van der Waals surface area contributed by atoms with Crippen LogP contribution in [0.15, 0.2) is 0 Å². The van der Waals surface area contributed by atoms with Crippen molar-refractivity contribution in [3.63, 3.8) is 0 Å². The second-order valence-electron chi connectivity index (χ2n) is 4.73. The molecule has 2 unspecified atom stereocenters. The smallest absolute Gasteiger partial charge is 0.326 e. The number of methoxy groups -OCH3 is 1. The van der Waals surface area contributed by atoms with Gasteiger partial charge in [0.05, 0.1) is 18.9 Å². The van der Waals surface area contributed by atoms with E-state index in [9.17, 15) is 19.2 Å². The number of hydrogen-bond donors (Lipinski definition) is 3. The monoisotopic (exact) mass is 302 g/mol. The van der Waals surface area contributed by atoms with Crippen molar-refractivity contribution in [2.45, 2.75) is 18.9 Å². The molecule has 2 amide bonds. The fourth-order valence-electron chi connectivity index (χ4n) is 2.03. The number of rotatable bonds is 8. The Labute approximate surface area is 120 Å². The van der Waals surface area contributed by atoms with E-state index in [1.807, 2.05) is 0 Å². The summed E-state index contributed by atoms with van der Waals surface area (Å²) in [5, 5.41) is 19.6. The van der Waals surface area contributed by atoms with Crippen molar-refractivity contribution in [3.05, 3.63) is 0 Å². The number of carbonyl (C=O) groups excluding carboxylic acids is 2. The summed E-state index contributed by atoms with van der Waals surface area (Å²) < 4.78 is 4.85. The standard InChI is InChI=1S/C12H18N2O7/c1-21-3-2-14-6-7(4-9(14)15)11(18)13-8(12(19)20)5-10(16)17/h7-8H,2-6H2,1H3,(H,13,18)(H,16,17)(H,19,20). The number of aliphatic carboxylic acids is 2. The van der Waals surface area contributed by atoms with Crippen molar-refractivity contribution in [3.8, 4) is 0 Å². The number of hydrogen-bond acceptors (Lipinski definition) is 5. The number of nitrogens with zero attached hydrogens (tertiary/aromatic N) is 1. The molecule has 1 aliphatic heterocycles. The summed E-state index contributed by atoms with van der Waals surface area (Å²) in [6, 6.07) is -1.50. The first-order valence-electron chi connectivity index (χ1n) is 6.36. The second-order valence-corrected chi connectivity index (χ2v) is 4.73. The third-order valence-electron chi connectivity index (χ3n) is 3.14. The molecule has 1 heterocycles. The molecule has 21 heavy (non-hydrogen) atoms. The Balaban J connectivity index is 2.57. The molecule has 1 rings (SSSR count). The average molecular weight is 302 g/mol. The Morgan fingerprint density at radius 1 is 1.43 bits per heavy atom. The number of amides is 2. The molecule has 0 aliphatic carbocycles. The maximum absolute atomic E-state index is 11.9. The highest BCUT2D eigenvalue weighted by atomic mass is 16.5. The number of carbonyl (C=O) groups is 4. The molecular weight excluding hydrogens is 284 g/mol. The molecule has 0 saturated carbocycles. The molecular formula is C12H18N2O7. The molecule has 3 N–H and O–H groups in total. The van der Waals surface area contributed by atoms with Gasteiger partial charge in [0.15, 0.2) is 0 Å². The largest absolute Gasteiger partial charge is 0.481 e. The topological polar surface area (TPSA) is 133 Å². The lowest BCUT2D eigenvalue weighted by Gasteiger charge is -2.17. The van der Waals surface area contributed by atoms with Gasteiger partial charge in [-0.1, -0.05) is 0 Å². The molecule has 9 nitrogen and oxygen atoms in total. The van der Waals surface area contributed by atoms with Crippen molar-refractivity contribution >= 4 is 23.8 Å². The summed E-state index contributed by atoms with van der Waals surface area (Å²) >= 11 is 0. The number of nitrogens with one attached hydrogen (secondary N) is 1. The predicted octanol–water partition coefficient (Wildman–Crippen LogP) is -1.47. The van der Waals surface area contributed by atoms with Crippen LogP contribution in [-0.2, 0) is 23.9 Å². The molecule has 1 aliphatic rings. The molecule has 1 fully saturated rings. The van der Waals surface area contributed by atoms with Gasteiger partial charge in [0, 0.05) is 26.6 Å². The lowest BCUT2D eigenvalue weighted by Crippen LogP contribution is -2.45. The van der Waals surface area contributed by atoms with E-state index in [0.717, 1.165) is 0 Å². The van der Waals surface area contributed by atoms with Crippen molar-refractivity contribution in [1.82, 2.24) is 10.2 Å². The van der Waals surface area contributed by atoms with Crippen molar-refractivity contribution in [2.75, 3.05) is 26.8 Å². The van der Waals surface area contributed by atoms with Gasteiger partial charge in [0.2, 0.25) is 11.8 Å². The van der Waals surface area contributed by atoms with E-state index in [1.54, 1.807) is 0 Å². The lowest BCUT2D eigenvalue weighted by molar-refractivity contribution is -0.147. The molecule has 0 bridgehead atoms. The minimum Gasteiger partial charge on any atom is -0.481 e. The third-order valence-corrected chi connectivity index (χ3v) is 3.14.